The fourth-order valence-electron chi connectivity index (χ4n) is 0.798. The van der Waals surface area contributed by atoms with Gasteiger partial charge in [-0.15, -0.1) is 0 Å². The van der Waals surface area contributed by atoms with Crippen LogP contribution >= 0.6 is 10.7 Å². The van der Waals surface area contributed by atoms with Crippen molar-refractivity contribution in [3.8, 4) is 0 Å². The smallest absolute Gasteiger partial charge is 0.261 e. The second-order valence-electron chi connectivity index (χ2n) is 2.39. The quantitative estimate of drug-likeness (QED) is 0.717. The van der Waals surface area contributed by atoms with Gasteiger partial charge in [-0.1, -0.05) is 6.07 Å². The molecule has 0 saturated carbocycles. The highest BCUT2D eigenvalue weighted by Crippen LogP contribution is 2.18. The summed E-state index contributed by atoms with van der Waals surface area (Å²) in [5.41, 5.74) is 0.190. The summed E-state index contributed by atoms with van der Waals surface area (Å²) in [6.07, 6.45) is 0. The van der Waals surface area contributed by atoms with Gasteiger partial charge in [-0.3, -0.25) is 4.31 Å². The number of nitrogens with zero attached hydrogens (tertiary/aromatic N) is 1. The van der Waals surface area contributed by atoms with Crippen molar-refractivity contribution in [1.82, 2.24) is 0 Å². The van der Waals surface area contributed by atoms with Crippen molar-refractivity contribution in [3.63, 3.8) is 0 Å². The van der Waals surface area contributed by atoms with Gasteiger partial charge in [0.1, 0.15) is 5.82 Å². The molecule has 0 aliphatic rings. The monoisotopic (exact) mass is 223 g/mol. The Balaban J connectivity index is 3.10. The van der Waals surface area contributed by atoms with Gasteiger partial charge >= 0.3 is 9.24 Å². The first-order valence-corrected chi connectivity index (χ1v) is 5.62. The number of rotatable bonds is 2. The van der Waals surface area contributed by atoms with E-state index in [0.29, 0.717) is 0 Å². The van der Waals surface area contributed by atoms with Crippen molar-refractivity contribution in [2.75, 3.05) is 11.4 Å². The summed E-state index contributed by atoms with van der Waals surface area (Å²) in [6, 6.07) is 5.16. The van der Waals surface area contributed by atoms with Gasteiger partial charge in [0.2, 0.25) is 0 Å². The highest BCUT2D eigenvalue weighted by molar-refractivity contribution is 8.14. The maximum Gasteiger partial charge on any atom is 0.321 e. The lowest BCUT2D eigenvalue weighted by molar-refractivity contribution is 0.607. The molecule has 0 aliphatic heterocycles. The van der Waals surface area contributed by atoms with Crippen molar-refractivity contribution in [1.29, 1.82) is 0 Å². The molecule has 0 fully saturated rings. The van der Waals surface area contributed by atoms with Gasteiger partial charge < -0.3 is 0 Å². The first-order chi connectivity index (χ1) is 5.91. The van der Waals surface area contributed by atoms with E-state index in [1.807, 2.05) is 0 Å². The number of hydrogen-bond acceptors (Lipinski definition) is 2. The molecule has 1 rings (SSSR count). The molecule has 0 N–H and O–H groups in total. The lowest BCUT2D eigenvalue weighted by atomic mass is 10.3. The molecule has 0 radical (unpaired) electrons. The lowest BCUT2D eigenvalue weighted by Crippen LogP contribution is -2.21. The fourth-order valence-corrected chi connectivity index (χ4v) is 1.40. The molecule has 1 aromatic carbocycles. The SMILES string of the molecule is CN(c1cccc(F)c1)S(=O)(=O)Cl. The van der Waals surface area contributed by atoms with Gasteiger partial charge in [0.05, 0.1) is 5.69 Å². The molecule has 0 amide bonds. The standard InChI is InChI=1S/C7H7ClFNO2S/c1-10(13(8,11)12)7-4-2-3-6(9)5-7/h2-5H,1H3. The van der Waals surface area contributed by atoms with Gasteiger partial charge in [-0.05, 0) is 18.2 Å². The van der Waals surface area contributed by atoms with E-state index in [2.05, 4.69) is 0 Å². The molecule has 0 aromatic heterocycles. The fraction of sp³-hybridized carbons (Fsp3) is 0.143. The van der Waals surface area contributed by atoms with E-state index < -0.39 is 15.1 Å². The highest BCUT2D eigenvalue weighted by atomic mass is 35.7. The minimum absolute atomic E-state index is 0.190. The molecular weight excluding hydrogens is 217 g/mol. The van der Waals surface area contributed by atoms with Crippen LogP contribution in [-0.4, -0.2) is 15.5 Å². The molecule has 0 aliphatic carbocycles. The van der Waals surface area contributed by atoms with E-state index >= 15 is 0 Å². The van der Waals surface area contributed by atoms with Crippen LogP contribution in [-0.2, 0) is 9.24 Å². The van der Waals surface area contributed by atoms with Crippen LogP contribution in [0.1, 0.15) is 0 Å². The molecule has 72 valence electrons. The maximum absolute atomic E-state index is 12.7. The van der Waals surface area contributed by atoms with Crippen molar-refractivity contribution in [2.45, 2.75) is 0 Å². The molecule has 0 spiro atoms. The number of benzene rings is 1. The molecule has 6 heteroatoms. The predicted octanol–water partition coefficient (Wildman–Crippen LogP) is 1.75. The van der Waals surface area contributed by atoms with E-state index in [9.17, 15) is 12.8 Å². The topological polar surface area (TPSA) is 37.4 Å². The van der Waals surface area contributed by atoms with Crippen molar-refractivity contribution in [2.24, 2.45) is 0 Å². The second kappa shape index (κ2) is 3.51. The van der Waals surface area contributed by atoms with Gasteiger partial charge in [0.25, 0.3) is 0 Å². The van der Waals surface area contributed by atoms with E-state index in [0.717, 1.165) is 10.4 Å². The maximum atomic E-state index is 12.7. The van der Waals surface area contributed by atoms with E-state index in [1.165, 1.54) is 25.2 Å². The van der Waals surface area contributed by atoms with Gasteiger partial charge in [0, 0.05) is 17.7 Å². The average molecular weight is 224 g/mol. The normalized spacial score (nSPS) is 11.3. The third-order valence-electron chi connectivity index (χ3n) is 1.50. The van der Waals surface area contributed by atoms with Crippen molar-refractivity contribution < 1.29 is 12.8 Å². The van der Waals surface area contributed by atoms with Gasteiger partial charge in [-0.2, -0.15) is 8.42 Å². The summed E-state index contributed by atoms with van der Waals surface area (Å²) in [6.45, 7) is 0. The number of hydrogen-bond donors (Lipinski definition) is 0. The Labute approximate surface area is 80.3 Å². The Morgan fingerprint density at radius 1 is 1.46 bits per heavy atom. The summed E-state index contributed by atoms with van der Waals surface area (Å²) in [5, 5.41) is 0. The van der Waals surface area contributed by atoms with E-state index in [1.54, 1.807) is 0 Å². The summed E-state index contributed by atoms with van der Waals surface area (Å²) in [7, 11) is 2.46. The Bertz CT molecular complexity index is 407. The van der Waals surface area contributed by atoms with Crippen LogP contribution in [0.2, 0.25) is 0 Å². The molecular formula is C7H7ClFNO2S. The minimum atomic E-state index is -3.83. The summed E-state index contributed by atoms with van der Waals surface area (Å²) >= 11 is 0. The Morgan fingerprint density at radius 2 is 2.08 bits per heavy atom. The van der Waals surface area contributed by atoms with Crippen LogP contribution in [0.15, 0.2) is 24.3 Å². The molecule has 0 heterocycles. The average Bonchev–Trinajstić information content (AvgIpc) is 2.01. The number of halogens is 2. The summed E-state index contributed by atoms with van der Waals surface area (Å²) < 4.78 is 35.1. The zero-order chi connectivity index (χ0) is 10.1. The Kier molecular flexibility index (Phi) is 2.77. The third-order valence-corrected chi connectivity index (χ3v) is 2.99. The van der Waals surface area contributed by atoms with E-state index in [4.69, 9.17) is 10.7 Å². The number of anilines is 1. The van der Waals surface area contributed by atoms with E-state index in [-0.39, 0.29) is 5.69 Å². The second-order valence-corrected chi connectivity index (χ2v) is 4.93. The molecule has 0 bridgehead atoms. The highest BCUT2D eigenvalue weighted by Gasteiger charge is 2.14. The van der Waals surface area contributed by atoms with Crippen LogP contribution in [0.4, 0.5) is 10.1 Å². The van der Waals surface area contributed by atoms with Crippen molar-refractivity contribution in [3.05, 3.63) is 30.1 Å². The van der Waals surface area contributed by atoms with Gasteiger partial charge in [-0.25, -0.2) is 4.39 Å². The largest absolute Gasteiger partial charge is 0.321 e. The summed E-state index contributed by atoms with van der Waals surface area (Å²) in [5.74, 6) is -0.510. The van der Waals surface area contributed by atoms with Gasteiger partial charge in [0.15, 0.2) is 0 Å². The molecule has 13 heavy (non-hydrogen) atoms. The van der Waals surface area contributed by atoms with Crippen LogP contribution < -0.4 is 4.31 Å². The van der Waals surface area contributed by atoms with Crippen molar-refractivity contribution >= 4 is 25.6 Å². The predicted molar refractivity (Wildman–Crippen MR) is 49.6 cm³/mol. The molecule has 1 aromatic rings. The zero-order valence-electron chi connectivity index (χ0n) is 6.74. The molecule has 0 unspecified atom stereocenters. The van der Waals surface area contributed by atoms with Crippen LogP contribution in [0.5, 0.6) is 0 Å². The first kappa shape index (κ1) is 10.3. The third kappa shape index (κ3) is 2.57. The molecule has 0 atom stereocenters. The first-order valence-electron chi connectivity index (χ1n) is 3.35. The van der Waals surface area contributed by atoms with Crippen LogP contribution in [0.25, 0.3) is 0 Å². The van der Waals surface area contributed by atoms with Crippen LogP contribution in [0.3, 0.4) is 0 Å². The Hall–Kier alpha value is -0.810. The van der Waals surface area contributed by atoms with Crippen LogP contribution in [0, 0.1) is 5.82 Å². The lowest BCUT2D eigenvalue weighted by Gasteiger charge is -2.13. The minimum Gasteiger partial charge on any atom is -0.261 e. The Morgan fingerprint density at radius 3 is 2.54 bits per heavy atom. The summed E-state index contributed by atoms with van der Waals surface area (Å²) in [4.78, 5) is 0. The molecule has 3 nitrogen and oxygen atoms in total. The molecule has 0 saturated heterocycles. The zero-order valence-corrected chi connectivity index (χ0v) is 8.31.